The lowest BCUT2D eigenvalue weighted by Gasteiger charge is -2.24. The normalized spacial score (nSPS) is 15.9. The summed E-state index contributed by atoms with van der Waals surface area (Å²) >= 11 is 0. The molecule has 3 nitrogen and oxygen atoms in total. The van der Waals surface area contributed by atoms with Crippen LogP contribution in [0.5, 0.6) is 5.75 Å². The summed E-state index contributed by atoms with van der Waals surface area (Å²) in [5, 5.41) is 2.98. The molecule has 1 N–H and O–H groups in total. The lowest BCUT2D eigenvalue weighted by atomic mass is 9.83. The van der Waals surface area contributed by atoms with Gasteiger partial charge < -0.3 is 10.1 Å². The molecule has 110 valence electrons. The van der Waals surface area contributed by atoms with Crippen LogP contribution < -0.4 is 10.1 Å². The minimum Gasteiger partial charge on any atom is -0.496 e. The monoisotopic (exact) mass is 275 g/mol. The maximum Gasteiger partial charge on any atom is 0.224 e. The van der Waals surface area contributed by atoms with Crippen LogP contribution in [0.25, 0.3) is 0 Å². The zero-order chi connectivity index (χ0) is 14.4. The molecule has 20 heavy (non-hydrogen) atoms. The number of ether oxygens (including phenoxy) is 1. The number of hydrogen-bond donors (Lipinski definition) is 1. The van der Waals surface area contributed by atoms with Gasteiger partial charge in [-0.3, -0.25) is 4.79 Å². The molecule has 0 unspecified atom stereocenters. The van der Waals surface area contributed by atoms with Gasteiger partial charge in [-0.1, -0.05) is 26.2 Å². The summed E-state index contributed by atoms with van der Waals surface area (Å²) in [5.41, 5.74) is 2.14. The van der Waals surface area contributed by atoms with Gasteiger partial charge in [0.25, 0.3) is 0 Å². The van der Waals surface area contributed by atoms with Crippen LogP contribution in [0.2, 0.25) is 0 Å². The summed E-state index contributed by atoms with van der Waals surface area (Å²) in [7, 11) is 1.72. The van der Waals surface area contributed by atoms with E-state index >= 15 is 0 Å². The van der Waals surface area contributed by atoms with Gasteiger partial charge in [-0.05, 0) is 48.9 Å². The molecule has 1 fully saturated rings. The van der Waals surface area contributed by atoms with Crippen molar-refractivity contribution < 1.29 is 9.53 Å². The molecule has 1 aliphatic rings. The van der Waals surface area contributed by atoms with Crippen molar-refractivity contribution in [1.29, 1.82) is 0 Å². The Morgan fingerprint density at radius 3 is 2.70 bits per heavy atom. The second kappa shape index (κ2) is 7.32. The molecule has 1 aromatic carbocycles. The highest BCUT2D eigenvalue weighted by Gasteiger charge is 2.19. The van der Waals surface area contributed by atoms with E-state index in [1.807, 2.05) is 19.1 Å². The molecule has 0 aromatic heterocycles. The van der Waals surface area contributed by atoms with E-state index in [2.05, 4.69) is 11.4 Å². The van der Waals surface area contributed by atoms with Crippen molar-refractivity contribution in [2.24, 2.45) is 0 Å². The van der Waals surface area contributed by atoms with Crippen molar-refractivity contribution in [2.75, 3.05) is 12.4 Å². The Labute approximate surface area is 121 Å². The van der Waals surface area contributed by atoms with E-state index in [0.29, 0.717) is 12.3 Å². The van der Waals surface area contributed by atoms with E-state index < -0.39 is 0 Å². The number of benzene rings is 1. The zero-order valence-electron chi connectivity index (χ0n) is 12.6. The first-order valence-corrected chi connectivity index (χ1v) is 7.72. The van der Waals surface area contributed by atoms with Crippen LogP contribution in [-0.2, 0) is 4.79 Å². The lowest BCUT2D eigenvalue weighted by molar-refractivity contribution is -0.116. The highest BCUT2D eigenvalue weighted by molar-refractivity contribution is 5.90. The van der Waals surface area contributed by atoms with Gasteiger partial charge in [0.2, 0.25) is 5.91 Å². The quantitative estimate of drug-likeness (QED) is 0.860. The number of nitrogens with one attached hydrogen (secondary N) is 1. The molecular weight excluding hydrogens is 250 g/mol. The molecule has 0 aliphatic heterocycles. The molecule has 1 amide bonds. The van der Waals surface area contributed by atoms with Crippen LogP contribution in [0.1, 0.15) is 63.4 Å². The van der Waals surface area contributed by atoms with Gasteiger partial charge in [0, 0.05) is 12.1 Å². The van der Waals surface area contributed by atoms with Crippen LogP contribution in [0.15, 0.2) is 18.2 Å². The Morgan fingerprint density at radius 2 is 2.05 bits per heavy atom. The third-order valence-electron chi connectivity index (χ3n) is 4.04. The molecule has 1 aromatic rings. The van der Waals surface area contributed by atoms with Crippen LogP contribution in [0.4, 0.5) is 5.69 Å². The first-order chi connectivity index (χ1) is 9.74. The Kier molecular flexibility index (Phi) is 5.45. The van der Waals surface area contributed by atoms with Gasteiger partial charge in [-0.15, -0.1) is 0 Å². The molecule has 0 saturated heterocycles. The minimum atomic E-state index is 0.0901. The average molecular weight is 275 g/mol. The van der Waals surface area contributed by atoms with E-state index in [4.69, 9.17) is 4.74 Å². The Morgan fingerprint density at radius 1 is 1.30 bits per heavy atom. The fourth-order valence-electron chi connectivity index (χ4n) is 3.00. The van der Waals surface area contributed by atoms with Crippen molar-refractivity contribution in [1.82, 2.24) is 0 Å². The largest absolute Gasteiger partial charge is 0.496 e. The summed E-state index contributed by atoms with van der Waals surface area (Å²) in [5.74, 6) is 1.61. The van der Waals surface area contributed by atoms with Gasteiger partial charge in [0.05, 0.1) is 7.11 Å². The van der Waals surface area contributed by atoms with E-state index in [1.165, 1.54) is 37.7 Å². The smallest absolute Gasteiger partial charge is 0.224 e. The third kappa shape index (κ3) is 3.75. The topological polar surface area (TPSA) is 38.3 Å². The predicted molar refractivity (Wildman–Crippen MR) is 82.4 cm³/mol. The Bertz CT molecular complexity index is 450. The number of methoxy groups -OCH3 is 1. The summed E-state index contributed by atoms with van der Waals surface area (Å²) < 4.78 is 5.49. The molecule has 0 bridgehead atoms. The second-order valence-electron chi connectivity index (χ2n) is 5.59. The number of carbonyl (C=O) groups is 1. The van der Waals surface area contributed by atoms with Gasteiger partial charge in [0.15, 0.2) is 0 Å². The van der Waals surface area contributed by atoms with Crippen molar-refractivity contribution in [2.45, 2.75) is 57.8 Å². The van der Waals surface area contributed by atoms with Crippen LogP contribution in [-0.4, -0.2) is 13.0 Å². The SMILES string of the molecule is CCCC(=O)Nc1ccc(OC)c(C2CCCCC2)c1. The van der Waals surface area contributed by atoms with Gasteiger partial charge in [-0.25, -0.2) is 0 Å². The van der Waals surface area contributed by atoms with E-state index in [-0.39, 0.29) is 5.91 Å². The molecule has 3 heteroatoms. The van der Waals surface area contributed by atoms with Gasteiger partial charge >= 0.3 is 0 Å². The van der Waals surface area contributed by atoms with E-state index in [1.54, 1.807) is 7.11 Å². The molecule has 2 rings (SSSR count). The first-order valence-electron chi connectivity index (χ1n) is 7.72. The molecular formula is C17H25NO2. The van der Waals surface area contributed by atoms with Crippen molar-refractivity contribution in [3.63, 3.8) is 0 Å². The number of carbonyl (C=O) groups excluding carboxylic acids is 1. The number of amides is 1. The zero-order valence-corrected chi connectivity index (χ0v) is 12.6. The van der Waals surface area contributed by atoms with Crippen LogP contribution >= 0.6 is 0 Å². The summed E-state index contributed by atoms with van der Waals surface area (Å²) in [6, 6.07) is 6.01. The highest BCUT2D eigenvalue weighted by Crippen LogP contribution is 2.38. The Balaban J connectivity index is 2.17. The minimum absolute atomic E-state index is 0.0901. The van der Waals surface area contributed by atoms with Crippen molar-refractivity contribution in [3.05, 3.63) is 23.8 Å². The predicted octanol–water partition coefficient (Wildman–Crippen LogP) is 4.48. The first kappa shape index (κ1) is 14.9. The van der Waals surface area contributed by atoms with Gasteiger partial charge in [-0.2, -0.15) is 0 Å². The maximum atomic E-state index is 11.7. The van der Waals surface area contributed by atoms with Crippen molar-refractivity contribution >= 4 is 11.6 Å². The summed E-state index contributed by atoms with van der Waals surface area (Å²) in [4.78, 5) is 11.7. The molecule has 0 radical (unpaired) electrons. The van der Waals surface area contributed by atoms with E-state index in [0.717, 1.165) is 17.9 Å². The lowest BCUT2D eigenvalue weighted by Crippen LogP contribution is -2.12. The number of hydrogen-bond acceptors (Lipinski definition) is 2. The molecule has 1 aliphatic carbocycles. The average Bonchev–Trinajstić information content (AvgIpc) is 2.48. The molecule has 1 saturated carbocycles. The van der Waals surface area contributed by atoms with E-state index in [9.17, 15) is 4.79 Å². The van der Waals surface area contributed by atoms with Crippen LogP contribution in [0, 0.1) is 0 Å². The number of anilines is 1. The molecule has 0 spiro atoms. The Hall–Kier alpha value is -1.51. The molecule has 0 atom stereocenters. The van der Waals surface area contributed by atoms with Crippen LogP contribution in [0.3, 0.4) is 0 Å². The second-order valence-corrected chi connectivity index (χ2v) is 5.59. The highest BCUT2D eigenvalue weighted by atomic mass is 16.5. The summed E-state index contributed by atoms with van der Waals surface area (Å²) in [6.45, 7) is 2.01. The summed E-state index contributed by atoms with van der Waals surface area (Å²) in [6.07, 6.45) is 7.82. The maximum absolute atomic E-state index is 11.7. The fourth-order valence-corrected chi connectivity index (χ4v) is 3.00. The third-order valence-corrected chi connectivity index (χ3v) is 4.04. The van der Waals surface area contributed by atoms with Gasteiger partial charge in [0.1, 0.15) is 5.75 Å². The molecule has 0 heterocycles. The number of rotatable bonds is 5. The fraction of sp³-hybridized carbons (Fsp3) is 0.588. The standard InChI is InChI=1S/C17H25NO2/c1-3-7-17(19)18-14-10-11-16(20-2)15(12-14)13-8-5-4-6-9-13/h10-13H,3-9H2,1-2H3,(H,18,19). The van der Waals surface area contributed by atoms with Crippen molar-refractivity contribution in [3.8, 4) is 5.75 Å².